The van der Waals surface area contributed by atoms with Gasteiger partial charge in [0.15, 0.2) is 6.10 Å². The number of esters is 1. The fraction of sp³-hybridized carbons (Fsp3) is 0.318. The number of hydrogen-bond acceptors (Lipinski definition) is 6. The van der Waals surface area contributed by atoms with Gasteiger partial charge in [-0.1, -0.05) is 0 Å². The van der Waals surface area contributed by atoms with Crippen LogP contribution >= 0.6 is 0 Å². The zero-order chi connectivity index (χ0) is 21.9. The van der Waals surface area contributed by atoms with Crippen molar-refractivity contribution in [1.82, 2.24) is 0 Å². The van der Waals surface area contributed by atoms with Gasteiger partial charge in [-0.25, -0.2) is 0 Å². The summed E-state index contributed by atoms with van der Waals surface area (Å²) in [5.41, 5.74) is 1.15. The largest absolute Gasteiger partial charge is 0.497 e. The highest BCUT2D eigenvalue weighted by atomic mass is 16.5. The number of rotatable bonds is 10. The van der Waals surface area contributed by atoms with Gasteiger partial charge in [0.05, 0.1) is 13.7 Å². The Bertz CT molecular complexity index is 849. The molecule has 0 radical (unpaired) electrons. The Labute approximate surface area is 175 Å². The quantitative estimate of drug-likeness (QED) is 0.456. The molecule has 2 aromatic carbocycles. The Balaban J connectivity index is 1.68. The van der Waals surface area contributed by atoms with E-state index in [0.29, 0.717) is 30.2 Å². The van der Waals surface area contributed by atoms with E-state index in [1.807, 2.05) is 0 Å². The van der Waals surface area contributed by atoms with Gasteiger partial charge in [0.2, 0.25) is 5.91 Å². The number of nitrogens with one attached hydrogen (secondary N) is 2. The van der Waals surface area contributed by atoms with E-state index in [9.17, 15) is 14.4 Å². The molecule has 0 bridgehead atoms. The average molecular weight is 414 g/mol. The first-order valence-corrected chi connectivity index (χ1v) is 9.52. The first-order valence-electron chi connectivity index (χ1n) is 9.52. The van der Waals surface area contributed by atoms with E-state index in [1.165, 1.54) is 13.8 Å². The molecular weight excluding hydrogens is 388 g/mol. The smallest absolute Gasteiger partial charge is 0.306 e. The van der Waals surface area contributed by atoms with Gasteiger partial charge in [-0.2, -0.15) is 0 Å². The van der Waals surface area contributed by atoms with Crippen molar-refractivity contribution in [3.63, 3.8) is 0 Å². The summed E-state index contributed by atoms with van der Waals surface area (Å²) in [6.07, 6.45) is -0.335. The Hall–Kier alpha value is -3.55. The van der Waals surface area contributed by atoms with Crippen molar-refractivity contribution in [3.05, 3.63) is 48.5 Å². The minimum atomic E-state index is -0.935. The fourth-order valence-corrected chi connectivity index (χ4v) is 2.47. The molecule has 8 nitrogen and oxygen atoms in total. The summed E-state index contributed by atoms with van der Waals surface area (Å²) in [7, 11) is 1.59. The molecule has 1 atom stereocenters. The summed E-state index contributed by atoms with van der Waals surface area (Å²) >= 11 is 0. The molecule has 0 saturated heterocycles. The van der Waals surface area contributed by atoms with Gasteiger partial charge >= 0.3 is 5.97 Å². The molecule has 0 aliphatic heterocycles. The van der Waals surface area contributed by atoms with Crippen molar-refractivity contribution in [2.45, 2.75) is 32.8 Å². The molecule has 8 heteroatoms. The number of anilines is 2. The van der Waals surface area contributed by atoms with Gasteiger partial charge in [-0.05, 0) is 61.9 Å². The van der Waals surface area contributed by atoms with Gasteiger partial charge in [-0.3, -0.25) is 14.4 Å². The third-order valence-electron chi connectivity index (χ3n) is 4.00. The summed E-state index contributed by atoms with van der Waals surface area (Å²) < 4.78 is 15.8. The van der Waals surface area contributed by atoms with Crippen LogP contribution in [0, 0.1) is 0 Å². The molecule has 0 aromatic heterocycles. The van der Waals surface area contributed by atoms with Crippen LogP contribution in [0.2, 0.25) is 0 Å². The normalized spacial score (nSPS) is 11.2. The molecule has 0 saturated carbocycles. The number of benzene rings is 2. The molecule has 30 heavy (non-hydrogen) atoms. The van der Waals surface area contributed by atoms with Gasteiger partial charge in [-0.15, -0.1) is 0 Å². The van der Waals surface area contributed by atoms with E-state index in [2.05, 4.69) is 10.6 Å². The molecule has 0 spiro atoms. The van der Waals surface area contributed by atoms with E-state index in [-0.39, 0.29) is 12.3 Å². The molecule has 2 N–H and O–H groups in total. The minimum Gasteiger partial charge on any atom is -0.497 e. The van der Waals surface area contributed by atoms with E-state index in [0.717, 1.165) is 5.75 Å². The second-order valence-corrected chi connectivity index (χ2v) is 6.51. The maximum atomic E-state index is 12.2. The van der Waals surface area contributed by atoms with Crippen molar-refractivity contribution in [2.75, 3.05) is 24.4 Å². The predicted molar refractivity (Wildman–Crippen MR) is 113 cm³/mol. The lowest BCUT2D eigenvalue weighted by Crippen LogP contribution is -2.30. The van der Waals surface area contributed by atoms with Crippen molar-refractivity contribution in [1.29, 1.82) is 0 Å². The van der Waals surface area contributed by atoms with Gasteiger partial charge in [0, 0.05) is 24.7 Å². The van der Waals surface area contributed by atoms with Gasteiger partial charge < -0.3 is 24.8 Å². The van der Waals surface area contributed by atoms with Crippen molar-refractivity contribution >= 4 is 29.2 Å². The Morgan fingerprint density at radius 1 is 0.900 bits per heavy atom. The molecule has 0 aliphatic rings. The summed E-state index contributed by atoms with van der Waals surface area (Å²) in [6.45, 7) is 3.27. The second kappa shape index (κ2) is 11.5. The third kappa shape index (κ3) is 7.83. The van der Waals surface area contributed by atoms with Crippen LogP contribution < -0.4 is 20.1 Å². The number of methoxy groups -OCH3 is 1. The number of ether oxygens (including phenoxy) is 3. The first-order chi connectivity index (χ1) is 14.4. The first kappa shape index (κ1) is 22.7. The van der Waals surface area contributed by atoms with Crippen molar-refractivity contribution in [3.8, 4) is 11.5 Å². The highest BCUT2D eigenvalue weighted by Gasteiger charge is 2.17. The van der Waals surface area contributed by atoms with E-state index in [1.54, 1.807) is 55.6 Å². The van der Waals surface area contributed by atoms with E-state index in [4.69, 9.17) is 14.2 Å². The zero-order valence-electron chi connectivity index (χ0n) is 17.3. The molecule has 0 fully saturated rings. The number of amides is 2. The van der Waals surface area contributed by atoms with Crippen LogP contribution in [0.1, 0.15) is 26.7 Å². The lowest BCUT2D eigenvalue weighted by Gasteiger charge is -2.14. The molecule has 0 aliphatic carbocycles. The maximum Gasteiger partial charge on any atom is 0.306 e. The predicted octanol–water partition coefficient (Wildman–Crippen LogP) is 3.38. The highest BCUT2D eigenvalue weighted by Crippen LogP contribution is 2.17. The number of hydrogen-bond donors (Lipinski definition) is 2. The van der Waals surface area contributed by atoms with E-state index >= 15 is 0 Å². The Kier molecular flexibility index (Phi) is 8.68. The Morgan fingerprint density at radius 3 is 2.03 bits per heavy atom. The van der Waals surface area contributed by atoms with Crippen molar-refractivity contribution in [2.24, 2.45) is 0 Å². The van der Waals surface area contributed by atoms with Crippen LogP contribution in [0.15, 0.2) is 48.5 Å². The molecule has 160 valence electrons. The van der Waals surface area contributed by atoms with Gasteiger partial charge in [0.25, 0.3) is 5.91 Å². The molecule has 0 unspecified atom stereocenters. The van der Waals surface area contributed by atoms with Crippen molar-refractivity contribution < 1.29 is 28.6 Å². The standard InChI is InChI=1S/C22H26N2O6/c1-15(22(27)24-18-8-6-17(7-9-18)23-16(2)25)30-21(26)5-4-14-29-20-12-10-19(28-3)11-13-20/h6-13,15H,4-5,14H2,1-3H3,(H,23,25)(H,24,27)/t15-/m0/s1. The summed E-state index contributed by atoms with van der Waals surface area (Å²) in [5, 5.41) is 5.30. The topological polar surface area (TPSA) is 103 Å². The van der Waals surface area contributed by atoms with Gasteiger partial charge in [0.1, 0.15) is 11.5 Å². The zero-order valence-corrected chi connectivity index (χ0v) is 17.3. The summed E-state index contributed by atoms with van der Waals surface area (Å²) in [4.78, 5) is 35.1. The van der Waals surface area contributed by atoms with Crippen LogP contribution in [0.4, 0.5) is 11.4 Å². The maximum absolute atomic E-state index is 12.2. The highest BCUT2D eigenvalue weighted by molar-refractivity contribution is 5.95. The Morgan fingerprint density at radius 2 is 1.47 bits per heavy atom. The molecular formula is C22H26N2O6. The number of carbonyl (C=O) groups is 3. The van der Waals surface area contributed by atoms with Crippen LogP contribution in [0.5, 0.6) is 11.5 Å². The summed E-state index contributed by atoms with van der Waals surface area (Å²) in [5.74, 6) is 0.326. The number of carbonyl (C=O) groups excluding carboxylic acids is 3. The molecule has 2 rings (SSSR count). The van der Waals surface area contributed by atoms with Crippen LogP contribution in [0.3, 0.4) is 0 Å². The lowest BCUT2D eigenvalue weighted by atomic mass is 10.2. The summed E-state index contributed by atoms with van der Waals surface area (Å²) in [6, 6.07) is 13.8. The minimum absolute atomic E-state index is 0.138. The average Bonchev–Trinajstić information content (AvgIpc) is 2.72. The van der Waals surface area contributed by atoms with Crippen LogP contribution in [-0.4, -0.2) is 37.6 Å². The van der Waals surface area contributed by atoms with E-state index < -0.39 is 18.0 Å². The third-order valence-corrected chi connectivity index (χ3v) is 4.00. The molecule has 2 aromatic rings. The monoisotopic (exact) mass is 414 g/mol. The van der Waals surface area contributed by atoms with Crippen LogP contribution in [-0.2, 0) is 19.1 Å². The fourth-order valence-electron chi connectivity index (χ4n) is 2.47. The lowest BCUT2D eigenvalue weighted by molar-refractivity contribution is -0.153. The molecule has 0 heterocycles. The second-order valence-electron chi connectivity index (χ2n) is 6.51. The molecule has 2 amide bonds. The van der Waals surface area contributed by atoms with Crippen LogP contribution in [0.25, 0.3) is 0 Å². The SMILES string of the molecule is COc1ccc(OCCCC(=O)O[C@@H](C)C(=O)Nc2ccc(NC(C)=O)cc2)cc1.